The third-order valence-electron chi connectivity index (χ3n) is 2.23. The highest BCUT2D eigenvalue weighted by Crippen LogP contribution is 2.22. The van der Waals surface area contributed by atoms with E-state index in [9.17, 15) is 4.79 Å². The molecule has 4 nitrogen and oxygen atoms in total. The van der Waals surface area contributed by atoms with Crippen LogP contribution in [-0.4, -0.2) is 7.11 Å². The van der Waals surface area contributed by atoms with Crippen LogP contribution in [0.1, 0.15) is 5.56 Å². The highest BCUT2D eigenvalue weighted by atomic mass is 16.5. The van der Waals surface area contributed by atoms with Gasteiger partial charge >= 0.3 is 5.63 Å². The predicted octanol–water partition coefficient (Wildman–Crippen LogP) is 1.58. The van der Waals surface area contributed by atoms with Crippen molar-refractivity contribution in [3.8, 4) is 5.75 Å². The Morgan fingerprint density at radius 3 is 2.87 bits per heavy atom. The molecule has 0 aliphatic rings. The van der Waals surface area contributed by atoms with Gasteiger partial charge < -0.3 is 9.15 Å². The van der Waals surface area contributed by atoms with Crippen molar-refractivity contribution in [2.75, 3.05) is 7.11 Å². The smallest absolute Gasteiger partial charge is 0.336 e. The maximum atomic E-state index is 11.2. The Morgan fingerprint density at radius 2 is 2.20 bits per heavy atom. The minimum atomic E-state index is -0.432. The van der Waals surface area contributed by atoms with E-state index in [0.29, 0.717) is 16.9 Å². The SMILES string of the molecule is COc1ccc2c(C[NH])cc(=O)oc2c1. The number of benzene rings is 1. The Labute approximate surface area is 86.3 Å². The second-order valence-corrected chi connectivity index (χ2v) is 3.13. The van der Waals surface area contributed by atoms with Gasteiger partial charge in [-0.25, -0.2) is 4.79 Å². The molecule has 1 aromatic carbocycles. The molecule has 0 spiro atoms. The normalized spacial score (nSPS) is 10.5. The molecule has 0 fully saturated rings. The van der Waals surface area contributed by atoms with Crippen LogP contribution >= 0.6 is 0 Å². The first-order valence-corrected chi connectivity index (χ1v) is 4.50. The van der Waals surface area contributed by atoms with Crippen molar-refractivity contribution < 1.29 is 9.15 Å². The Morgan fingerprint density at radius 1 is 1.40 bits per heavy atom. The average Bonchev–Trinajstić information content (AvgIpc) is 2.26. The number of hydrogen-bond acceptors (Lipinski definition) is 3. The molecule has 1 heterocycles. The van der Waals surface area contributed by atoms with Crippen molar-refractivity contribution in [3.63, 3.8) is 0 Å². The van der Waals surface area contributed by atoms with Gasteiger partial charge in [-0.2, -0.15) is 0 Å². The van der Waals surface area contributed by atoms with Crippen molar-refractivity contribution in [2.45, 2.75) is 6.54 Å². The number of hydrogen-bond donors (Lipinski definition) is 0. The average molecular weight is 204 g/mol. The van der Waals surface area contributed by atoms with Gasteiger partial charge in [0.2, 0.25) is 0 Å². The van der Waals surface area contributed by atoms with Gasteiger partial charge in [-0.05, 0) is 17.7 Å². The molecule has 0 saturated heterocycles. The molecule has 1 radical (unpaired) electrons. The first-order chi connectivity index (χ1) is 7.24. The zero-order chi connectivity index (χ0) is 10.8. The van der Waals surface area contributed by atoms with Crippen LogP contribution < -0.4 is 16.1 Å². The lowest BCUT2D eigenvalue weighted by Gasteiger charge is -2.04. The molecule has 0 aliphatic carbocycles. The van der Waals surface area contributed by atoms with Crippen LogP contribution in [0.2, 0.25) is 0 Å². The molecular formula is C11H10NO3. The summed E-state index contributed by atoms with van der Waals surface area (Å²) in [4.78, 5) is 11.2. The molecule has 0 saturated carbocycles. The summed E-state index contributed by atoms with van der Waals surface area (Å²) >= 11 is 0. The maximum Gasteiger partial charge on any atom is 0.336 e. The highest BCUT2D eigenvalue weighted by Gasteiger charge is 2.05. The zero-order valence-electron chi connectivity index (χ0n) is 8.24. The van der Waals surface area contributed by atoms with Gasteiger partial charge in [0.1, 0.15) is 11.3 Å². The highest BCUT2D eigenvalue weighted by molar-refractivity contribution is 5.81. The standard InChI is InChI=1S/C11H10NO3/c1-14-8-2-3-9-7(6-12)4-11(13)15-10(9)5-8/h2-5,12H,6H2,1H3. The predicted molar refractivity (Wildman–Crippen MR) is 55.8 cm³/mol. The molecule has 0 aliphatic heterocycles. The molecule has 1 N–H and O–H groups in total. The van der Waals surface area contributed by atoms with Gasteiger partial charge in [-0.1, -0.05) is 0 Å². The summed E-state index contributed by atoms with van der Waals surface area (Å²) < 4.78 is 10.1. The van der Waals surface area contributed by atoms with E-state index in [2.05, 4.69) is 0 Å². The molecule has 0 unspecified atom stereocenters. The van der Waals surface area contributed by atoms with Crippen molar-refractivity contribution in [3.05, 3.63) is 40.2 Å². The van der Waals surface area contributed by atoms with Crippen LogP contribution in [0.5, 0.6) is 5.75 Å². The van der Waals surface area contributed by atoms with Crippen LogP contribution in [0.4, 0.5) is 0 Å². The number of methoxy groups -OCH3 is 1. The lowest BCUT2D eigenvalue weighted by atomic mass is 10.1. The zero-order valence-corrected chi connectivity index (χ0v) is 8.24. The van der Waals surface area contributed by atoms with E-state index in [0.717, 1.165) is 5.39 Å². The molecule has 0 bridgehead atoms. The summed E-state index contributed by atoms with van der Waals surface area (Å²) in [5.41, 5.74) is 8.01. The first kappa shape index (κ1) is 9.73. The third-order valence-corrected chi connectivity index (χ3v) is 2.23. The maximum absolute atomic E-state index is 11.2. The van der Waals surface area contributed by atoms with E-state index in [1.54, 1.807) is 25.3 Å². The molecule has 0 atom stereocenters. The van der Waals surface area contributed by atoms with Crippen LogP contribution in [0.15, 0.2) is 33.5 Å². The Bertz CT molecular complexity index is 545. The van der Waals surface area contributed by atoms with E-state index in [4.69, 9.17) is 14.9 Å². The van der Waals surface area contributed by atoms with Gasteiger partial charge in [-0.15, -0.1) is 0 Å². The summed E-state index contributed by atoms with van der Waals surface area (Å²) in [6.45, 7) is 0.0639. The fourth-order valence-corrected chi connectivity index (χ4v) is 1.48. The third kappa shape index (κ3) is 1.71. The van der Waals surface area contributed by atoms with Gasteiger partial charge in [0.15, 0.2) is 0 Å². The molecule has 1 aromatic heterocycles. The van der Waals surface area contributed by atoms with Crippen LogP contribution in [-0.2, 0) is 6.54 Å². The van der Waals surface area contributed by atoms with Gasteiger partial charge in [0.05, 0.1) is 7.11 Å². The number of rotatable bonds is 2. The van der Waals surface area contributed by atoms with Crippen molar-refractivity contribution in [2.24, 2.45) is 0 Å². The number of ether oxygens (including phenoxy) is 1. The van der Waals surface area contributed by atoms with E-state index < -0.39 is 5.63 Å². The fourth-order valence-electron chi connectivity index (χ4n) is 1.48. The minimum absolute atomic E-state index is 0.0639. The summed E-state index contributed by atoms with van der Waals surface area (Å²) in [5.74, 6) is 0.632. The molecule has 2 rings (SSSR count). The number of fused-ring (bicyclic) bond motifs is 1. The molecular weight excluding hydrogens is 194 g/mol. The molecule has 2 aromatic rings. The van der Waals surface area contributed by atoms with Crippen molar-refractivity contribution in [1.29, 1.82) is 0 Å². The van der Waals surface area contributed by atoms with E-state index in [1.807, 2.05) is 0 Å². The second-order valence-electron chi connectivity index (χ2n) is 3.13. The molecule has 4 heteroatoms. The minimum Gasteiger partial charge on any atom is -0.497 e. The van der Waals surface area contributed by atoms with Crippen LogP contribution in [0, 0.1) is 0 Å². The second kappa shape index (κ2) is 3.74. The Hall–Kier alpha value is -1.81. The molecule has 15 heavy (non-hydrogen) atoms. The van der Waals surface area contributed by atoms with Crippen molar-refractivity contribution in [1.82, 2.24) is 5.73 Å². The number of nitrogens with one attached hydrogen (secondary N) is 1. The molecule has 77 valence electrons. The topological polar surface area (TPSA) is 63.2 Å². The van der Waals surface area contributed by atoms with Crippen LogP contribution in [0.25, 0.3) is 11.0 Å². The summed E-state index contributed by atoms with van der Waals surface area (Å²) in [5, 5.41) is 0.783. The quantitative estimate of drug-likeness (QED) is 0.697. The lowest BCUT2D eigenvalue weighted by Crippen LogP contribution is -2.01. The summed E-state index contributed by atoms with van der Waals surface area (Å²) in [7, 11) is 1.55. The van der Waals surface area contributed by atoms with Crippen molar-refractivity contribution >= 4 is 11.0 Å². The van der Waals surface area contributed by atoms with Crippen LogP contribution in [0.3, 0.4) is 0 Å². The van der Waals surface area contributed by atoms with Gasteiger partial charge in [0, 0.05) is 24.1 Å². The Balaban J connectivity index is 2.78. The lowest BCUT2D eigenvalue weighted by molar-refractivity contribution is 0.414. The summed E-state index contributed by atoms with van der Waals surface area (Å²) in [6.07, 6.45) is 0. The monoisotopic (exact) mass is 204 g/mol. The van der Waals surface area contributed by atoms with Gasteiger partial charge in [-0.3, -0.25) is 5.73 Å². The Kier molecular flexibility index (Phi) is 2.43. The first-order valence-electron chi connectivity index (χ1n) is 4.50. The fraction of sp³-hybridized carbons (Fsp3) is 0.182. The molecule has 0 amide bonds. The van der Waals surface area contributed by atoms with E-state index in [1.165, 1.54) is 6.07 Å². The largest absolute Gasteiger partial charge is 0.497 e. The van der Waals surface area contributed by atoms with E-state index >= 15 is 0 Å². The van der Waals surface area contributed by atoms with Gasteiger partial charge in [0.25, 0.3) is 0 Å². The van der Waals surface area contributed by atoms with E-state index in [-0.39, 0.29) is 6.54 Å². The summed E-state index contributed by atoms with van der Waals surface area (Å²) in [6, 6.07) is 6.57.